The molecule has 2 aromatic rings. The van der Waals surface area contributed by atoms with Crippen LogP contribution >= 0.6 is 0 Å². The van der Waals surface area contributed by atoms with Crippen molar-refractivity contribution in [1.29, 1.82) is 0 Å². The monoisotopic (exact) mass is 384 g/mol. The fourth-order valence-electron chi connectivity index (χ4n) is 2.60. The van der Waals surface area contributed by atoms with E-state index in [9.17, 15) is 14.4 Å². The molecule has 0 saturated heterocycles. The number of benzene rings is 2. The highest BCUT2D eigenvalue weighted by molar-refractivity contribution is 5.95. The van der Waals surface area contributed by atoms with Gasteiger partial charge in [0.1, 0.15) is 5.75 Å². The fourth-order valence-corrected chi connectivity index (χ4v) is 2.60. The maximum Gasteiger partial charge on any atom is 0.337 e. The molecule has 0 aliphatic carbocycles. The Morgan fingerprint density at radius 2 is 1.64 bits per heavy atom. The first kappa shape index (κ1) is 21.0. The molecule has 0 aromatic heterocycles. The van der Waals surface area contributed by atoms with Crippen molar-refractivity contribution in [3.05, 3.63) is 54.1 Å². The van der Waals surface area contributed by atoms with Crippen LogP contribution in [0.2, 0.25) is 0 Å². The molecule has 0 saturated carbocycles. The molecule has 0 bridgehead atoms. The number of methoxy groups -OCH3 is 1. The number of amides is 2. The molecule has 0 spiro atoms. The zero-order chi connectivity index (χ0) is 20.5. The molecule has 0 aliphatic rings. The highest BCUT2D eigenvalue weighted by Gasteiger charge is 2.14. The summed E-state index contributed by atoms with van der Waals surface area (Å²) in [5, 5.41) is 2.75. The summed E-state index contributed by atoms with van der Waals surface area (Å²) in [5.41, 5.74) is 1.66. The molecular formula is C21H24N2O5. The summed E-state index contributed by atoms with van der Waals surface area (Å²) < 4.78 is 10.0. The van der Waals surface area contributed by atoms with E-state index in [1.54, 1.807) is 48.5 Å². The van der Waals surface area contributed by atoms with E-state index in [1.807, 2.05) is 6.92 Å². The summed E-state index contributed by atoms with van der Waals surface area (Å²) in [7, 11) is 1.31. The Bertz CT molecular complexity index is 816. The first-order valence-electron chi connectivity index (χ1n) is 8.93. The van der Waals surface area contributed by atoms with E-state index in [2.05, 4.69) is 10.1 Å². The number of ether oxygens (including phenoxy) is 2. The van der Waals surface area contributed by atoms with E-state index < -0.39 is 5.97 Å². The topological polar surface area (TPSA) is 84.9 Å². The maximum atomic E-state index is 12.2. The third-order valence-corrected chi connectivity index (χ3v) is 3.99. The number of hydrogen-bond donors (Lipinski definition) is 1. The smallest absolute Gasteiger partial charge is 0.337 e. The molecule has 0 atom stereocenters. The number of nitrogens with zero attached hydrogens (tertiary/aromatic N) is 1. The van der Waals surface area contributed by atoms with Crippen LogP contribution in [-0.2, 0) is 14.3 Å². The van der Waals surface area contributed by atoms with Crippen molar-refractivity contribution >= 4 is 29.2 Å². The third kappa shape index (κ3) is 5.84. The first-order chi connectivity index (χ1) is 13.4. The highest BCUT2D eigenvalue weighted by Crippen LogP contribution is 2.20. The molecule has 148 valence electrons. The summed E-state index contributed by atoms with van der Waals surface area (Å²) in [5.74, 6) is -0.101. The van der Waals surface area contributed by atoms with Crippen molar-refractivity contribution in [3.63, 3.8) is 0 Å². The van der Waals surface area contributed by atoms with Gasteiger partial charge in [-0.2, -0.15) is 0 Å². The largest absolute Gasteiger partial charge is 0.494 e. The molecule has 0 radical (unpaired) electrons. The van der Waals surface area contributed by atoms with E-state index in [1.165, 1.54) is 18.9 Å². The summed E-state index contributed by atoms with van der Waals surface area (Å²) in [6.07, 6.45) is 0.131. The predicted molar refractivity (Wildman–Crippen MR) is 107 cm³/mol. The Hall–Kier alpha value is -3.35. The van der Waals surface area contributed by atoms with E-state index in [4.69, 9.17) is 4.74 Å². The number of anilines is 2. The second-order valence-electron chi connectivity index (χ2n) is 5.96. The molecule has 2 rings (SSSR count). The van der Waals surface area contributed by atoms with Crippen LogP contribution < -0.4 is 15.0 Å². The number of nitrogens with one attached hydrogen (secondary N) is 1. The lowest BCUT2D eigenvalue weighted by Gasteiger charge is -2.21. The third-order valence-electron chi connectivity index (χ3n) is 3.99. The first-order valence-corrected chi connectivity index (χ1v) is 8.93. The minimum absolute atomic E-state index is 0.131. The normalized spacial score (nSPS) is 10.1. The molecule has 7 nitrogen and oxygen atoms in total. The van der Waals surface area contributed by atoms with E-state index in [0.29, 0.717) is 23.5 Å². The van der Waals surface area contributed by atoms with Crippen molar-refractivity contribution in [2.75, 3.05) is 30.5 Å². The van der Waals surface area contributed by atoms with Crippen LogP contribution in [0.15, 0.2) is 48.5 Å². The molecule has 0 heterocycles. The van der Waals surface area contributed by atoms with Gasteiger partial charge < -0.3 is 19.7 Å². The van der Waals surface area contributed by atoms with Crippen LogP contribution in [0.1, 0.15) is 30.6 Å². The minimum atomic E-state index is -0.440. The van der Waals surface area contributed by atoms with E-state index in [-0.39, 0.29) is 24.8 Å². The summed E-state index contributed by atoms with van der Waals surface area (Å²) in [6.45, 7) is 4.17. The molecule has 2 amide bonds. The standard InChI is InChI=1S/C21H24N2O5/c1-4-28-19-11-9-18(10-12-19)23(15(2)24)14-13-20(25)22-17-7-5-16(6-8-17)21(26)27-3/h5-12H,4,13-14H2,1-3H3,(H,22,25). The van der Waals surface area contributed by atoms with E-state index >= 15 is 0 Å². The van der Waals surface area contributed by atoms with Gasteiger partial charge in [0.05, 0.1) is 19.3 Å². The zero-order valence-corrected chi connectivity index (χ0v) is 16.2. The molecule has 0 aliphatic heterocycles. The van der Waals surface area contributed by atoms with Gasteiger partial charge in [0.15, 0.2) is 0 Å². The average molecular weight is 384 g/mol. The highest BCUT2D eigenvalue weighted by atomic mass is 16.5. The van der Waals surface area contributed by atoms with Gasteiger partial charge in [-0.3, -0.25) is 9.59 Å². The number of hydrogen-bond acceptors (Lipinski definition) is 5. The molecule has 2 aromatic carbocycles. The van der Waals surface area contributed by atoms with Crippen molar-refractivity contribution in [2.45, 2.75) is 20.3 Å². The Balaban J connectivity index is 1.94. The van der Waals surface area contributed by atoms with Gasteiger partial charge in [0.25, 0.3) is 0 Å². The summed E-state index contributed by atoms with van der Waals surface area (Å²) >= 11 is 0. The number of carbonyl (C=O) groups is 3. The number of esters is 1. The van der Waals surface area contributed by atoms with Crippen LogP contribution in [0.25, 0.3) is 0 Å². The maximum absolute atomic E-state index is 12.2. The van der Waals surface area contributed by atoms with Gasteiger partial charge in [-0.1, -0.05) is 0 Å². The van der Waals surface area contributed by atoms with Crippen molar-refractivity contribution < 1.29 is 23.9 Å². The average Bonchev–Trinajstić information content (AvgIpc) is 2.69. The van der Waals surface area contributed by atoms with Crippen molar-refractivity contribution in [2.24, 2.45) is 0 Å². The molecule has 0 unspecified atom stereocenters. The summed E-state index contributed by atoms with van der Waals surface area (Å²) in [6, 6.07) is 13.5. The Kier molecular flexibility index (Phi) is 7.56. The zero-order valence-electron chi connectivity index (χ0n) is 16.2. The van der Waals surface area contributed by atoms with Crippen LogP contribution in [-0.4, -0.2) is 38.0 Å². The Morgan fingerprint density at radius 1 is 1.00 bits per heavy atom. The van der Waals surface area contributed by atoms with Crippen LogP contribution in [0, 0.1) is 0 Å². The van der Waals surface area contributed by atoms with Gasteiger partial charge in [0.2, 0.25) is 11.8 Å². The van der Waals surface area contributed by atoms with Gasteiger partial charge in [-0.15, -0.1) is 0 Å². The van der Waals surface area contributed by atoms with E-state index in [0.717, 1.165) is 5.75 Å². The molecule has 0 fully saturated rings. The quantitative estimate of drug-likeness (QED) is 0.706. The van der Waals surface area contributed by atoms with Crippen LogP contribution in [0.3, 0.4) is 0 Å². The lowest BCUT2D eigenvalue weighted by molar-refractivity contribution is -0.117. The van der Waals surface area contributed by atoms with Gasteiger partial charge in [-0.05, 0) is 55.5 Å². The molecule has 1 N–H and O–H groups in total. The van der Waals surface area contributed by atoms with Gasteiger partial charge in [-0.25, -0.2) is 4.79 Å². The molecule has 7 heteroatoms. The molecular weight excluding hydrogens is 360 g/mol. The lowest BCUT2D eigenvalue weighted by atomic mass is 10.2. The lowest BCUT2D eigenvalue weighted by Crippen LogP contribution is -2.31. The SMILES string of the molecule is CCOc1ccc(N(CCC(=O)Nc2ccc(C(=O)OC)cc2)C(C)=O)cc1. The van der Waals surface area contributed by atoms with Gasteiger partial charge >= 0.3 is 5.97 Å². The van der Waals surface area contributed by atoms with Crippen molar-refractivity contribution in [3.8, 4) is 5.75 Å². The van der Waals surface area contributed by atoms with Crippen molar-refractivity contribution in [1.82, 2.24) is 0 Å². The number of rotatable bonds is 8. The van der Waals surface area contributed by atoms with Gasteiger partial charge in [0, 0.05) is 31.3 Å². The Morgan fingerprint density at radius 3 is 2.18 bits per heavy atom. The second kappa shape index (κ2) is 10.1. The van der Waals surface area contributed by atoms with Crippen LogP contribution in [0.4, 0.5) is 11.4 Å². The number of carbonyl (C=O) groups excluding carboxylic acids is 3. The second-order valence-corrected chi connectivity index (χ2v) is 5.96. The summed E-state index contributed by atoms with van der Waals surface area (Å²) in [4.78, 5) is 37.2. The fraction of sp³-hybridized carbons (Fsp3) is 0.286. The minimum Gasteiger partial charge on any atom is -0.494 e. The van der Waals surface area contributed by atoms with Crippen LogP contribution in [0.5, 0.6) is 5.75 Å². The Labute approximate surface area is 164 Å². The molecule has 28 heavy (non-hydrogen) atoms. The predicted octanol–water partition coefficient (Wildman–Crippen LogP) is 3.25.